The fourth-order valence-electron chi connectivity index (χ4n) is 4.69. The van der Waals surface area contributed by atoms with Crippen LogP contribution in [0.5, 0.6) is 5.75 Å². The second-order valence-electron chi connectivity index (χ2n) is 8.14. The first kappa shape index (κ1) is 17.8. The summed E-state index contributed by atoms with van der Waals surface area (Å²) in [4.78, 5) is 14.9. The quantitative estimate of drug-likeness (QED) is 0.903. The molecular formula is C21H30N2O3. The molecule has 5 heteroatoms. The Labute approximate surface area is 156 Å². The van der Waals surface area contributed by atoms with E-state index in [1.807, 2.05) is 31.4 Å². The molecule has 2 heterocycles. The molecule has 0 atom stereocenters. The summed E-state index contributed by atoms with van der Waals surface area (Å²) in [7, 11) is 1.83. The van der Waals surface area contributed by atoms with Crippen molar-refractivity contribution in [2.24, 2.45) is 5.92 Å². The number of likely N-dealkylation sites (tertiary alicyclic amines) is 1. The number of piperidine rings is 1. The van der Waals surface area contributed by atoms with E-state index in [4.69, 9.17) is 9.47 Å². The molecule has 1 saturated heterocycles. The number of hydrogen-bond donors (Lipinski definition) is 1. The number of methoxy groups -OCH3 is 1. The van der Waals surface area contributed by atoms with Crippen LogP contribution in [0.1, 0.15) is 48.9 Å². The number of fused-ring (bicyclic) bond motifs is 1. The van der Waals surface area contributed by atoms with Gasteiger partial charge in [-0.05, 0) is 43.7 Å². The number of ether oxygens (including phenoxy) is 2. The fraction of sp³-hybridized carbons (Fsp3) is 0.667. The number of hydrogen-bond acceptors (Lipinski definition) is 4. The van der Waals surface area contributed by atoms with E-state index >= 15 is 0 Å². The summed E-state index contributed by atoms with van der Waals surface area (Å²) in [6.07, 6.45) is 7.36. The van der Waals surface area contributed by atoms with Crippen molar-refractivity contribution in [1.82, 2.24) is 10.2 Å². The van der Waals surface area contributed by atoms with Crippen LogP contribution in [0.3, 0.4) is 0 Å². The second-order valence-corrected chi connectivity index (χ2v) is 8.14. The van der Waals surface area contributed by atoms with Crippen molar-refractivity contribution in [3.05, 3.63) is 29.8 Å². The van der Waals surface area contributed by atoms with Gasteiger partial charge in [-0.2, -0.15) is 0 Å². The minimum absolute atomic E-state index is 0.0187. The van der Waals surface area contributed by atoms with Crippen LogP contribution in [0.25, 0.3) is 0 Å². The third-order valence-corrected chi connectivity index (χ3v) is 6.44. The smallest absolute Gasteiger partial charge is 0.255 e. The molecule has 0 unspecified atom stereocenters. The van der Waals surface area contributed by atoms with Crippen LogP contribution in [0.15, 0.2) is 24.3 Å². The lowest BCUT2D eigenvalue weighted by Gasteiger charge is -2.42. The van der Waals surface area contributed by atoms with Gasteiger partial charge in [-0.1, -0.05) is 12.1 Å². The van der Waals surface area contributed by atoms with Gasteiger partial charge < -0.3 is 19.7 Å². The van der Waals surface area contributed by atoms with E-state index in [-0.39, 0.29) is 11.5 Å². The molecule has 1 spiro atoms. The molecule has 1 aromatic carbocycles. The van der Waals surface area contributed by atoms with E-state index in [0.29, 0.717) is 18.2 Å². The predicted octanol–water partition coefficient (Wildman–Crippen LogP) is 2.85. The van der Waals surface area contributed by atoms with Crippen molar-refractivity contribution >= 4 is 5.91 Å². The number of benzene rings is 1. The lowest BCUT2D eigenvalue weighted by Crippen LogP contribution is -2.53. The Kier molecular flexibility index (Phi) is 5.18. The number of carbonyl (C=O) groups is 1. The van der Waals surface area contributed by atoms with Crippen LogP contribution in [0.4, 0.5) is 0 Å². The van der Waals surface area contributed by atoms with Gasteiger partial charge >= 0.3 is 0 Å². The SMILES string of the molecule is COC1CCC(CN2CCC3(CC2)CNC(=O)c2ccccc2O3)CC1. The topological polar surface area (TPSA) is 50.8 Å². The average Bonchev–Trinajstić information content (AvgIpc) is 2.82. The molecule has 1 aliphatic carbocycles. The molecule has 5 nitrogen and oxygen atoms in total. The molecule has 1 N–H and O–H groups in total. The average molecular weight is 358 g/mol. The first-order valence-corrected chi connectivity index (χ1v) is 9.99. The number of nitrogens with one attached hydrogen (secondary N) is 1. The van der Waals surface area contributed by atoms with E-state index in [2.05, 4.69) is 10.2 Å². The van der Waals surface area contributed by atoms with Crippen molar-refractivity contribution in [3.63, 3.8) is 0 Å². The number of para-hydroxylation sites is 1. The minimum atomic E-state index is -0.257. The van der Waals surface area contributed by atoms with Gasteiger partial charge in [-0.15, -0.1) is 0 Å². The van der Waals surface area contributed by atoms with E-state index in [9.17, 15) is 4.79 Å². The van der Waals surface area contributed by atoms with E-state index in [1.54, 1.807) is 0 Å². The molecular weight excluding hydrogens is 328 g/mol. The van der Waals surface area contributed by atoms with Crippen molar-refractivity contribution in [2.45, 2.75) is 50.2 Å². The lowest BCUT2D eigenvalue weighted by atomic mass is 9.85. The van der Waals surface area contributed by atoms with Gasteiger partial charge in [0.05, 0.1) is 18.2 Å². The zero-order valence-corrected chi connectivity index (χ0v) is 15.7. The van der Waals surface area contributed by atoms with Crippen LogP contribution < -0.4 is 10.1 Å². The Balaban J connectivity index is 1.34. The highest BCUT2D eigenvalue weighted by Crippen LogP contribution is 2.34. The van der Waals surface area contributed by atoms with Crippen LogP contribution in [0.2, 0.25) is 0 Å². The minimum Gasteiger partial charge on any atom is -0.485 e. The molecule has 2 aliphatic heterocycles. The molecule has 4 rings (SSSR count). The number of rotatable bonds is 3. The van der Waals surface area contributed by atoms with E-state index < -0.39 is 0 Å². The molecule has 142 valence electrons. The summed E-state index contributed by atoms with van der Waals surface area (Å²) < 4.78 is 11.9. The molecule has 1 saturated carbocycles. The highest BCUT2D eigenvalue weighted by Gasteiger charge is 2.40. The normalized spacial score (nSPS) is 28.7. The third-order valence-electron chi connectivity index (χ3n) is 6.44. The highest BCUT2D eigenvalue weighted by atomic mass is 16.5. The maximum atomic E-state index is 12.3. The maximum Gasteiger partial charge on any atom is 0.255 e. The summed E-state index contributed by atoms with van der Waals surface area (Å²) in [5, 5.41) is 3.07. The largest absolute Gasteiger partial charge is 0.485 e. The van der Waals surface area contributed by atoms with Crippen molar-refractivity contribution in [1.29, 1.82) is 0 Å². The molecule has 1 aromatic rings. The predicted molar refractivity (Wildman–Crippen MR) is 101 cm³/mol. The first-order valence-electron chi connectivity index (χ1n) is 9.99. The summed E-state index contributed by atoms with van der Waals surface area (Å²) in [5.74, 6) is 1.51. The Bertz CT molecular complexity index is 632. The monoisotopic (exact) mass is 358 g/mol. The third kappa shape index (κ3) is 3.74. The van der Waals surface area contributed by atoms with Crippen LogP contribution in [-0.2, 0) is 4.74 Å². The molecule has 1 amide bonds. The molecule has 2 fully saturated rings. The zero-order valence-electron chi connectivity index (χ0n) is 15.7. The summed E-state index contributed by atoms with van der Waals surface area (Å²) in [6, 6.07) is 7.59. The Morgan fingerprint density at radius 3 is 2.65 bits per heavy atom. The highest BCUT2D eigenvalue weighted by molar-refractivity contribution is 5.97. The molecule has 3 aliphatic rings. The van der Waals surface area contributed by atoms with Gasteiger partial charge in [-0.25, -0.2) is 0 Å². The summed E-state index contributed by atoms with van der Waals surface area (Å²) in [6.45, 7) is 3.88. The molecule has 0 radical (unpaired) electrons. The molecule has 0 aromatic heterocycles. The van der Waals surface area contributed by atoms with Crippen molar-refractivity contribution in [2.75, 3.05) is 33.3 Å². The Morgan fingerprint density at radius 2 is 1.92 bits per heavy atom. The van der Waals surface area contributed by atoms with Gasteiger partial charge in [0.2, 0.25) is 0 Å². The van der Waals surface area contributed by atoms with Crippen LogP contribution in [-0.4, -0.2) is 55.8 Å². The number of amides is 1. The number of nitrogens with zero attached hydrogens (tertiary/aromatic N) is 1. The molecule has 0 bridgehead atoms. The number of carbonyl (C=O) groups excluding carboxylic acids is 1. The van der Waals surface area contributed by atoms with Gasteiger partial charge in [0, 0.05) is 39.6 Å². The Morgan fingerprint density at radius 1 is 1.19 bits per heavy atom. The van der Waals surface area contributed by atoms with Crippen molar-refractivity contribution < 1.29 is 14.3 Å². The lowest BCUT2D eigenvalue weighted by molar-refractivity contribution is -0.00360. The van der Waals surface area contributed by atoms with E-state index in [0.717, 1.165) is 37.6 Å². The van der Waals surface area contributed by atoms with Crippen LogP contribution >= 0.6 is 0 Å². The van der Waals surface area contributed by atoms with Gasteiger partial charge in [-0.3, -0.25) is 4.79 Å². The van der Waals surface area contributed by atoms with Crippen LogP contribution in [0, 0.1) is 5.92 Å². The van der Waals surface area contributed by atoms with Crippen molar-refractivity contribution in [3.8, 4) is 5.75 Å². The van der Waals surface area contributed by atoms with Gasteiger partial charge in [0.1, 0.15) is 11.4 Å². The summed E-state index contributed by atoms with van der Waals surface area (Å²) in [5.41, 5.74) is 0.397. The maximum absolute atomic E-state index is 12.3. The summed E-state index contributed by atoms with van der Waals surface area (Å²) >= 11 is 0. The Hall–Kier alpha value is -1.59. The van der Waals surface area contributed by atoms with E-state index in [1.165, 1.54) is 32.2 Å². The zero-order chi connectivity index (χ0) is 18.0. The molecule has 26 heavy (non-hydrogen) atoms. The van der Waals surface area contributed by atoms with Gasteiger partial charge in [0.15, 0.2) is 0 Å². The first-order chi connectivity index (χ1) is 12.7. The second kappa shape index (κ2) is 7.57. The fourth-order valence-corrected chi connectivity index (χ4v) is 4.69. The standard InChI is InChI=1S/C21H30N2O3/c1-25-17-8-6-16(7-9-17)14-23-12-10-21(11-13-23)15-22-20(24)18-4-2-3-5-19(18)26-21/h2-5,16-17H,6-15H2,1H3,(H,22,24). The van der Waals surface area contributed by atoms with Gasteiger partial charge in [0.25, 0.3) is 5.91 Å².